The number of aryl methyl sites for hydroxylation is 1. The molecule has 2 aliphatic heterocycles. The molecule has 2 aromatic carbocycles. The van der Waals surface area contributed by atoms with Crippen LogP contribution in [-0.2, 0) is 16.1 Å². The van der Waals surface area contributed by atoms with Gasteiger partial charge in [-0.25, -0.2) is 0 Å². The minimum absolute atomic E-state index is 0.00239. The van der Waals surface area contributed by atoms with Crippen LogP contribution >= 0.6 is 0 Å². The zero-order valence-electron chi connectivity index (χ0n) is 16.9. The molecule has 1 saturated heterocycles. The Balaban J connectivity index is 1.45. The highest BCUT2D eigenvalue weighted by atomic mass is 16.6. The van der Waals surface area contributed by atoms with Crippen molar-refractivity contribution in [3.8, 4) is 11.5 Å². The molecule has 1 fully saturated rings. The molecule has 2 aromatic rings. The maximum atomic E-state index is 13.1. The molecule has 0 aliphatic carbocycles. The summed E-state index contributed by atoms with van der Waals surface area (Å²) < 4.78 is 11.2. The predicted octanol–water partition coefficient (Wildman–Crippen LogP) is 3.17. The molecule has 1 atom stereocenters. The summed E-state index contributed by atoms with van der Waals surface area (Å²) in [5.41, 5.74) is 2.99. The van der Waals surface area contributed by atoms with E-state index in [0.717, 1.165) is 28.3 Å². The van der Waals surface area contributed by atoms with Gasteiger partial charge >= 0.3 is 0 Å². The second-order valence-electron chi connectivity index (χ2n) is 7.57. The van der Waals surface area contributed by atoms with E-state index in [1.807, 2.05) is 61.2 Å². The van der Waals surface area contributed by atoms with E-state index in [0.29, 0.717) is 32.8 Å². The van der Waals surface area contributed by atoms with Crippen molar-refractivity contribution < 1.29 is 19.1 Å². The van der Waals surface area contributed by atoms with Crippen LogP contribution in [0.4, 0.5) is 5.69 Å². The number of nitrogens with zero attached hydrogens (tertiary/aromatic N) is 2. The standard InChI is InChI=1S/C23H26N2O4/c1-3-24(14-17-6-9-20-21(12-17)29-11-10-28-20)23(27)18-13-22(26)25(15-18)19-7-4-16(2)5-8-19/h4-9,12,18H,3,10-11,13-15H2,1-2H3. The Hall–Kier alpha value is -3.02. The van der Waals surface area contributed by atoms with E-state index in [1.54, 1.807) is 4.90 Å². The molecule has 6 heteroatoms. The number of anilines is 1. The molecule has 4 rings (SSSR count). The van der Waals surface area contributed by atoms with Gasteiger partial charge in [0, 0.05) is 31.7 Å². The first-order valence-corrected chi connectivity index (χ1v) is 10.1. The van der Waals surface area contributed by atoms with Crippen molar-refractivity contribution >= 4 is 17.5 Å². The highest BCUT2D eigenvalue weighted by Gasteiger charge is 2.37. The first-order chi connectivity index (χ1) is 14.0. The molecule has 152 valence electrons. The summed E-state index contributed by atoms with van der Waals surface area (Å²) in [6, 6.07) is 13.6. The summed E-state index contributed by atoms with van der Waals surface area (Å²) >= 11 is 0. The summed E-state index contributed by atoms with van der Waals surface area (Å²) in [7, 11) is 0. The van der Waals surface area contributed by atoms with Gasteiger partial charge in [-0.15, -0.1) is 0 Å². The van der Waals surface area contributed by atoms with Gasteiger partial charge in [-0.05, 0) is 43.7 Å². The van der Waals surface area contributed by atoms with E-state index < -0.39 is 0 Å². The number of benzene rings is 2. The van der Waals surface area contributed by atoms with E-state index in [-0.39, 0.29) is 24.2 Å². The maximum absolute atomic E-state index is 13.1. The average Bonchev–Trinajstić information content (AvgIpc) is 3.13. The Morgan fingerprint density at radius 1 is 1.10 bits per heavy atom. The number of amides is 2. The van der Waals surface area contributed by atoms with E-state index in [4.69, 9.17) is 9.47 Å². The van der Waals surface area contributed by atoms with Crippen molar-refractivity contribution in [2.24, 2.45) is 5.92 Å². The molecule has 6 nitrogen and oxygen atoms in total. The van der Waals surface area contributed by atoms with E-state index >= 15 is 0 Å². The number of fused-ring (bicyclic) bond motifs is 1. The summed E-state index contributed by atoms with van der Waals surface area (Å²) in [4.78, 5) is 29.2. The summed E-state index contributed by atoms with van der Waals surface area (Å²) in [5.74, 6) is 1.16. The van der Waals surface area contributed by atoms with Gasteiger partial charge in [-0.2, -0.15) is 0 Å². The molecule has 1 unspecified atom stereocenters. The van der Waals surface area contributed by atoms with Crippen molar-refractivity contribution in [1.82, 2.24) is 4.90 Å². The first-order valence-electron chi connectivity index (χ1n) is 10.1. The zero-order valence-corrected chi connectivity index (χ0v) is 16.9. The van der Waals surface area contributed by atoms with Crippen molar-refractivity contribution in [1.29, 1.82) is 0 Å². The monoisotopic (exact) mass is 394 g/mol. The largest absolute Gasteiger partial charge is 0.486 e. The molecule has 2 aliphatic rings. The lowest BCUT2D eigenvalue weighted by molar-refractivity contribution is -0.136. The van der Waals surface area contributed by atoms with Crippen LogP contribution in [0.3, 0.4) is 0 Å². The third-order valence-electron chi connectivity index (χ3n) is 5.49. The van der Waals surface area contributed by atoms with Gasteiger partial charge in [0.25, 0.3) is 0 Å². The van der Waals surface area contributed by atoms with E-state index in [9.17, 15) is 9.59 Å². The normalized spacial score (nSPS) is 18.1. The van der Waals surface area contributed by atoms with Crippen molar-refractivity contribution in [3.05, 3.63) is 53.6 Å². The van der Waals surface area contributed by atoms with Crippen LogP contribution in [0.5, 0.6) is 11.5 Å². The van der Waals surface area contributed by atoms with Crippen LogP contribution < -0.4 is 14.4 Å². The van der Waals surface area contributed by atoms with Crippen LogP contribution in [0.2, 0.25) is 0 Å². The average molecular weight is 394 g/mol. The molecule has 29 heavy (non-hydrogen) atoms. The van der Waals surface area contributed by atoms with Gasteiger partial charge in [0.15, 0.2) is 11.5 Å². The molecule has 0 N–H and O–H groups in total. The van der Waals surface area contributed by atoms with Gasteiger partial charge < -0.3 is 19.3 Å². The van der Waals surface area contributed by atoms with Crippen molar-refractivity contribution in [2.75, 3.05) is 31.2 Å². The number of carbonyl (C=O) groups excluding carboxylic acids is 2. The topological polar surface area (TPSA) is 59.1 Å². The third kappa shape index (κ3) is 4.06. The molecular weight excluding hydrogens is 368 g/mol. The minimum Gasteiger partial charge on any atom is -0.486 e. The Morgan fingerprint density at radius 2 is 1.83 bits per heavy atom. The Bertz CT molecular complexity index is 910. The van der Waals surface area contributed by atoms with Crippen molar-refractivity contribution in [3.63, 3.8) is 0 Å². The number of carbonyl (C=O) groups is 2. The molecule has 0 aromatic heterocycles. The second-order valence-corrected chi connectivity index (χ2v) is 7.57. The van der Waals surface area contributed by atoms with Crippen molar-refractivity contribution in [2.45, 2.75) is 26.8 Å². The Kier molecular flexibility index (Phi) is 5.43. The quantitative estimate of drug-likeness (QED) is 0.782. The van der Waals surface area contributed by atoms with Gasteiger partial charge in [0.05, 0.1) is 5.92 Å². The van der Waals surface area contributed by atoms with Crippen LogP contribution in [-0.4, -0.2) is 43.0 Å². The minimum atomic E-state index is -0.319. The SMILES string of the molecule is CCN(Cc1ccc2c(c1)OCCO2)C(=O)C1CC(=O)N(c2ccc(C)cc2)C1. The first kappa shape index (κ1) is 19.3. The lowest BCUT2D eigenvalue weighted by Crippen LogP contribution is -2.37. The van der Waals surface area contributed by atoms with Crippen LogP contribution in [0.15, 0.2) is 42.5 Å². The van der Waals surface area contributed by atoms with Gasteiger partial charge in [0.1, 0.15) is 13.2 Å². The summed E-state index contributed by atoms with van der Waals surface area (Å²) in [6.07, 6.45) is 0.254. The molecule has 2 heterocycles. The lowest BCUT2D eigenvalue weighted by atomic mass is 10.1. The number of hydrogen-bond acceptors (Lipinski definition) is 4. The number of hydrogen-bond donors (Lipinski definition) is 0. The van der Waals surface area contributed by atoms with Gasteiger partial charge in [0.2, 0.25) is 11.8 Å². The van der Waals surface area contributed by atoms with E-state index in [1.165, 1.54) is 0 Å². The summed E-state index contributed by atoms with van der Waals surface area (Å²) in [5, 5.41) is 0. The third-order valence-corrected chi connectivity index (χ3v) is 5.49. The molecule has 2 amide bonds. The van der Waals surface area contributed by atoms with Gasteiger partial charge in [-0.3, -0.25) is 9.59 Å². The fourth-order valence-corrected chi connectivity index (χ4v) is 3.86. The number of ether oxygens (including phenoxy) is 2. The molecule has 0 bridgehead atoms. The lowest BCUT2D eigenvalue weighted by Gasteiger charge is -2.25. The second kappa shape index (κ2) is 8.15. The zero-order chi connectivity index (χ0) is 20.4. The van der Waals surface area contributed by atoms with Crippen LogP contribution in [0.1, 0.15) is 24.5 Å². The Morgan fingerprint density at radius 3 is 2.55 bits per heavy atom. The van der Waals surface area contributed by atoms with Gasteiger partial charge in [-0.1, -0.05) is 23.8 Å². The van der Waals surface area contributed by atoms with Crippen LogP contribution in [0, 0.1) is 12.8 Å². The fourth-order valence-electron chi connectivity index (χ4n) is 3.86. The molecule has 0 spiro atoms. The molecular formula is C23H26N2O4. The van der Waals surface area contributed by atoms with E-state index in [2.05, 4.69) is 0 Å². The Labute approximate surface area is 171 Å². The predicted molar refractivity (Wildman–Crippen MR) is 110 cm³/mol. The highest BCUT2D eigenvalue weighted by molar-refractivity contribution is 6.00. The van der Waals surface area contributed by atoms with Crippen LogP contribution in [0.25, 0.3) is 0 Å². The highest BCUT2D eigenvalue weighted by Crippen LogP contribution is 2.32. The smallest absolute Gasteiger partial charge is 0.228 e. The molecule has 0 radical (unpaired) electrons. The maximum Gasteiger partial charge on any atom is 0.228 e. The molecule has 0 saturated carbocycles. The summed E-state index contributed by atoms with van der Waals surface area (Å²) in [6.45, 7) is 6.57. The number of rotatable bonds is 5. The fraction of sp³-hybridized carbons (Fsp3) is 0.391.